The Kier molecular flexibility index (Phi) is 6.84. The van der Waals surface area contributed by atoms with Crippen LogP contribution in [-0.2, 0) is 25.6 Å². The molecule has 1 fully saturated rings. The van der Waals surface area contributed by atoms with Gasteiger partial charge in [0.1, 0.15) is 0 Å². The first kappa shape index (κ1) is 20.8. The predicted molar refractivity (Wildman–Crippen MR) is 112 cm³/mol. The number of carbonyl (C=O) groups excluding carboxylic acids is 3. The Morgan fingerprint density at radius 1 is 1.21 bits per heavy atom. The highest BCUT2D eigenvalue weighted by Crippen LogP contribution is 2.34. The topological polar surface area (TPSA) is 85.3 Å². The average Bonchev–Trinajstić information content (AvgIpc) is 3.33. The molecule has 2 heterocycles. The number of methoxy groups -OCH3 is 1. The monoisotopic (exact) mass is 430 g/mol. The van der Waals surface area contributed by atoms with E-state index < -0.39 is 11.9 Å². The maximum Gasteiger partial charge on any atom is 0.338 e. The number of aliphatic imine (C=N–C) groups is 1. The lowest BCUT2D eigenvalue weighted by Gasteiger charge is -2.14. The van der Waals surface area contributed by atoms with E-state index in [2.05, 4.69) is 9.73 Å². The van der Waals surface area contributed by atoms with Gasteiger partial charge < -0.3 is 9.47 Å². The Balaban J connectivity index is 1.89. The van der Waals surface area contributed by atoms with Crippen LogP contribution in [0.1, 0.15) is 22.2 Å². The van der Waals surface area contributed by atoms with Gasteiger partial charge in [0.25, 0.3) is 5.91 Å². The van der Waals surface area contributed by atoms with E-state index in [4.69, 9.17) is 4.74 Å². The number of thiophene rings is 1. The highest BCUT2D eigenvalue weighted by Gasteiger charge is 2.34. The van der Waals surface area contributed by atoms with E-state index in [0.717, 1.165) is 16.6 Å². The quantitative estimate of drug-likeness (QED) is 0.513. The first-order valence-corrected chi connectivity index (χ1v) is 10.4. The number of nitrogens with zero attached hydrogens (tertiary/aromatic N) is 2. The molecule has 2 aromatic rings. The number of hydrogen-bond donors (Lipinski definition) is 0. The van der Waals surface area contributed by atoms with E-state index in [0.29, 0.717) is 29.6 Å². The lowest BCUT2D eigenvalue weighted by atomic mass is 10.2. The van der Waals surface area contributed by atoms with E-state index in [-0.39, 0.29) is 10.8 Å². The molecule has 0 atom stereocenters. The summed E-state index contributed by atoms with van der Waals surface area (Å²) < 4.78 is 9.60. The van der Waals surface area contributed by atoms with Crippen LogP contribution >= 0.6 is 23.1 Å². The lowest BCUT2D eigenvalue weighted by Crippen LogP contribution is -2.28. The summed E-state index contributed by atoms with van der Waals surface area (Å²) in [5.74, 6) is -1.31. The zero-order chi connectivity index (χ0) is 20.8. The summed E-state index contributed by atoms with van der Waals surface area (Å²) in [7, 11) is 1.26. The van der Waals surface area contributed by atoms with Crippen molar-refractivity contribution in [3.8, 4) is 0 Å². The maximum absolute atomic E-state index is 12.8. The number of carbonyl (C=O) groups is 3. The fraction of sp³-hybridized carbons (Fsp3) is 0.200. The molecule has 0 bridgehead atoms. The van der Waals surface area contributed by atoms with Crippen LogP contribution in [0.5, 0.6) is 0 Å². The number of rotatable bonds is 6. The summed E-state index contributed by atoms with van der Waals surface area (Å²) in [4.78, 5) is 43.5. The van der Waals surface area contributed by atoms with Crippen LogP contribution in [0.15, 0.2) is 57.8 Å². The molecular formula is C20H18N2O5S2. The summed E-state index contributed by atoms with van der Waals surface area (Å²) in [5, 5.41) is 2.38. The van der Waals surface area contributed by atoms with E-state index in [1.54, 1.807) is 31.2 Å². The third kappa shape index (κ3) is 5.12. The molecule has 9 heteroatoms. The van der Waals surface area contributed by atoms with Gasteiger partial charge >= 0.3 is 11.9 Å². The third-order valence-electron chi connectivity index (χ3n) is 3.84. The van der Waals surface area contributed by atoms with E-state index in [1.807, 2.05) is 17.5 Å². The largest absolute Gasteiger partial charge is 0.466 e. The Labute approximate surface area is 176 Å². The Hall–Kier alpha value is -2.91. The number of amides is 1. The van der Waals surface area contributed by atoms with E-state index in [9.17, 15) is 14.4 Å². The van der Waals surface area contributed by atoms with Crippen molar-refractivity contribution in [2.75, 3.05) is 13.7 Å². The first-order valence-electron chi connectivity index (χ1n) is 8.69. The zero-order valence-electron chi connectivity index (χ0n) is 15.8. The van der Waals surface area contributed by atoms with Gasteiger partial charge in [-0.15, -0.1) is 11.3 Å². The Morgan fingerprint density at radius 2 is 1.97 bits per heavy atom. The molecular weight excluding hydrogens is 412 g/mol. The number of thioether (sulfide) groups is 1. The van der Waals surface area contributed by atoms with Gasteiger partial charge in [0.15, 0.2) is 5.17 Å². The van der Waals surface area contributed by atoms with Crippen molar-refractivity contribution in [3.05, 3.63) is 63.2 Å². The molecule has 1 amide bonds. The van der Waals surface area contributed by atoms with Crippen molar-refractivity contribution < 1.29 is 23.9 Å². The van der Waals surface area contributed by atoms with Gasteiger partial charge in [0, 0.05) is 11.0 Å². The van der Waals surface area contributed by atoms with Crippen molar-refractivity contribution in [3.63, 3.8) is 0 Å². The predicted octanol–water partition coefficient (Wildman–Crippen LogP) is 3.74. The first-order chi connectivity index (χ1) is 14.0. The number of ether oxygens (including phenoxy) is 2. The molecule has 0 N–H and O–H groups in total. The van der Waals surface area contributed by atoms with Gasteiger partial charge in [0.2, 0.25) is 0 Å². The van der Waals surface area contributed by atoms with Gasteiger partial charge in [-0.2, -0.15) is 0 Å². The molecule has 3 rings (SSSR count). The molecule has 0 radical (unpaired) electrons. The minimum absolute atomic E-state index is 0.246. The molecule has 0 unspecified atom stereocenters. The highest BCUT2D eigenvalue weighted by molar-refractivity contribution is 8.18. The van der Waals surface area contributed by atoms with E-state index in [1.165, 1.54) is 29.4 Å². The van der Waals surface area contributed by atoms with Crippen LogP contribution in [0.4, 0.5) is 5.69 Å². The number of hydrogen-bond acceptors (Lipinski definition) is 8. The van der Waals surface area contributed by atoms with Crippen molar-refractivity contribution in [1.29, 1.82) is 0 Å². The summed E-state index contributed by atoms with van der Waals surface area (Å²) in [5.41, 5.74) is 0.997. The molecule has 1 aromatic heterocycles. The van der Waals surface area contributed by atoms with Gasteiger partial charge in [-0.05, 0) is 54.4 Å². The minimum atomic E-state index is -0.600. The van der Waals surface area contributed by atoms with Gasteiger partial charge in [-0.25, -0.2) is 14.6 Å². The molecule has 1 saturated heterocycles. The summed E-state index contributed by atoms with van der Waals surface area (Å²) in [6, 6.07) is 10.4. The van der Waals surface area contributed by atoms with Gasteiger partial charge in [0.05, 0.1) is 36.4 Å². The second-order valence-corrected chi connectivity index (χ2v) is 7.81. The molecule has 1 aliphatic heterocycles. The van der Waals surface area contributed by atoms with Crippen LogP contribution in [0.2, 0.25) is 0 Å². The van der Waals surface area contributed by atoms with Crippen LogP contribution in [0.25, 0.3) is 0 Å². The summed E-state index contributed by atoms with van der Waals surface area (Å²) in [6.45, 7) is 2.39. The second kappa shape index (κ2) is 9.53. The molecule has 150 valence electrons. The Bertz CT molecular complexity index is 965. The fourth-order valence-electron chi connectivity index (χ4n) is 2.45. The van der Waals surface area contributed by atoms with Crippen molar-refractivity contribution in [2.24, 2.45) is 4.99 Å². The molecule has 0 aliphatic carbocycles. The number of amidine groups is 1. The smallest absolute Gasteiger partial charge is 0.338 e. The zero-order valence-corrected chi connectivity index (χ0v) is 17.4. The number of esters is 2. The van der Waals surface area contributed by atoms with Gasteiger partial charge in [-0.1, -0.05) is 6.07 Å². The fourth-order valence-corrected chi connectivity index (χ4v) is 4.10. The van der Waals surface area contributed by atoms with Crippen LogP contribution < -0.4 is 0 Å². The van der Waals surface area contributed by atoms with E-state index >= 15 is 0 Å². The van der Waals surface area contributed by atoms with Crippen LogP contribution in [-0.4, -0.2) is 41.6 Å². The van der Waals surface area contributed by atoms with Crippen LogP contribution in [0.3, 0.4) is 0 Å². The number of benzene rings is 1. The molecule has 29 heavy (non-hydrogen) atoms. The summed E-state index contributed by atoms with van der Waals surface area (Å²) in [6.07, 6.45) is 1.17. The molecule has 7 nitrogen and oxygen atoms in total. The second-order valence-electron chi connectivity index (χ2n) is 5.77. The molecule has 0 saturated carbocycles. The highest BCUT2D eigenvalue weighted by atomic mass is 32.2. The standard InChI is InChI=1S/C20H18N2O5S2/c1-3-27-19(25)13-6-8-14(9-7-13)21-20-22(12-15-5-4-10-28-15)18(24)16(29-20)11-17(23)26-2/h4-11H,3,12H2,1-2H3/b16-11+,21-20?. The van der Waals surface area contributed by atoms with Crippen molar-refractivity contribution in [2.45, 2.75) is 13.5 Å². The molecule has 1 aliphatic rings. The van der Waals surface area contributed by atoms with Crippen molar-refractivity contribution in [1.82, 2.24) is 4.90 Å². The summed E-state index contributed by atoms with van der Waals surface area (Å²) >= 11 is 2.63. The minimum Gasteiger partial charge on any atom is -0.466 e. The average molecular weight is 431 g/mol. The SMILES string of the molecule is CCOC(=O)c1ccc(N=C2S/C(=C/C(=O)OC)C(=O)N2Cc2cccs2)cc1. The van der Waals surface area contributed by atoms with Gasteiger partial charge in [-0.3, -0.25) is 9.69 Å². The van der Waals surface area contributed by atoms with Crippen molar-refractivity contribution >= 4 is 51.8 Å². The lowest BCUT2D eigenvalue weighted by molar-refractivity contribution is -0.135. The molecule has 0 spiro atoms. The third-order valence-corrected chi connectivity index (χ3v) is 5.70. The molecule has 1 aromatic carbocycles. The Morgan fingerprint density at radius 3 is 2.59 bits per heavy atom. The van der Waals surface area contributed by atoms with Crippen LogP contribution in [0, 0.1) is 0 Å². The maximum atomic E-state index is 12.8. The normalized spacial score (nSPS) is 16.5.